The molecule has 0 unspecified atom stereocenters. The lowest BCUT2D eigenvalue weighted by molar-refractivity contribution is 0.571. The molecule has 2 aromatic carbocycles. The van der Waals surface area contributed by atoms with E-state index in [-0.39, 0.29) is 4.90 Å². The maximum Gasteiger partial charge on any atom is 0.241 e. The van der Waals surface area contributed by atoms with Gasteiger partial charge in [0.15, 0.2) is 0 Å². The number of nitrogens with one attached hydrogen (secondary N) is 1. The Morgan fingerprint density at radius 1 is 1.09 bits per heavy atom. The zero-order valence-electron chi connectivity index (χ0n) is 12.3. The van der Waals surface area contributed by atoms with Crippen molar-refractivity contribution in [1.29, 1.82) is 0 Å². The number of aromatic nitrogens is 2. The quantitative estimate of drug-likeness (QED) is 0.654. The summed E-state index contributed by atoms with van der Waals surface area (Å²) in [6.07, 6.45) is 2.47. The number of benzene rings is 2. The van der Waals surface area contributed by atoms with Crippen LogP contribution >= 0.6 is 15.9 Å². The Hall–Kier alpha value is -1.70. The molecule has 120 valence electrons. The van der Waals surface area contributed by atoms with Crippen LogP contribution in [-0.4, -0.2) is 24.5 Å². The first kappa shape index (κ1) is 16.2. The summed E-state index contributed by atoms with van der Waals surface area (Å²) in [6.45, 7) is 1.08. The van der Waals surface area contributed by atoms with Crippen LogP contribution in [0.3, 0.4) is 0 Å². The van der Waals surface area contributed by atoms with E-state index in [1.165, 1.54) is 0 Å². The van der Waals surface area contributed by atoms with E-state index in [9.17, 15) is 8.42 Å². The monoisotopic (exact) mass is 393 g/mol. The fraction of sp³-hybridized carbons (Fsp3) is 0.188. The van der Waals surface area contributed by atoms with E-state index in [2.05, 4.69) is 25.6 Å². The molecule has 5 nitrogen and oxygen atoms in total. The lowest BCUT2D eigenvalue weighted by atomic mass is 10.3. The third-order valence-corrected chi connectivity index (χ3v) is 5.99. The van der Waals surface area contributed by atoms with Gasteiger partial charge < -0.3 is 4.57 Å². The second-order valence-corrected chi connectivity index (χ2v) is 7.70. The van der Waals surface area contributed by atoms with E-state index in [0.717, 1.165) is 11.0 Å². The van der Waals surface area contributed by atoms with Crippen molar-refractivity contribution in [2.75, 3.05) is 6.54 Å². The predicted molar refractivity (Wildman–Crippen MR) is 93.7 cm³/mol. The number of rotatable bonds is 6. The van der Waals surface area contributed by atoms with Gasteiger partial charge in [0.2, 0.25) is 10.0 Å². The van der Waals surface area contributed by atoms with Crippen molar-refractivity contribution in [2.24, 2.45) is 0 Å². The van der Waals surface area contributed by atoms with Crippen LogP contribution in [0.25, 0.3) is 11.0 Å². The molecule has 1 N–H and O–H groups in total. The number of nitrogens with zero attached hydrogens (tertiary/aromatic N) is 2. The molecule has 1 heterocycles. The average molecular weight is 394 g/mol. The number of imidazole rings is 1. The van der Waals surface area contributed by atoms with E-state index in [1.807, 2.05) is 28.8 Å². The normalized spacial score (nSPS) is 11.9. The van der Waals surface area contributed by atoms with Gasteiger partial charge in [-0.25, -0.2) is 18.1 Å². The van der Waals surface area contributed by atoms with Crippen LogP contribution in [0.2, 0.25) is 0 Å². The molecule has 1 aromatic heterocycles. The minimum absolute atomic E-state index is 0.257. The van der Waals surface area contributed by atoms with Gasteiger partial charge in [-0.05, 0) is 46.6 Å². The predicted octanol–water partition coefficient (Wildman–Crippen LogP) is 3.17. The molecule has 0 aliphatic carbocycles. The molecular weight excluding hydrogens is 378 g/mol. The highest BCUT2D eigenvalue weighted by atomic mass is 79.9. The highest BCUT2D eigenvalue weighted by molar-refractivity contribution is 9.10. The topological polar surface area (TPSA) is 64.0 Å². The van der Waals surface area contributed by atoms with Crippen molar-refractivity contribution < 1.29 is 8.42 Å². The molecule has 0 radical (unpaired) electrons. The van der Waals surface area contributed by atoms with E-state index in [1.54, 1.807) is 30.6 Å². The number of sulfonamides is 1. The van der Waals surface area contributed by atoms with Crippen molar-refractivity contribution >= 4 is 37.0 Å². The van der Waals surface area contributed by atoms with Gasteiger partial charge in [-0.2, -0.15) is 0 Å². The number of fused-ring (bicyclic) bond motifs is 1. The van der Waals surface area contributed by atoms with Crippen molar-refractivity contribution in [1.82, 2.24) is 14.3 Å². The Morgan fingerprint density at radius 3 is 2.65 bits per heavy atom. The van der Waals surface area contributed by atoms with Crippen LogP contribution in [0.4, 0.5) is 0 Å². The zero-order valence-corrected chi connectivity index (χ0v) is 14.7. The van der Waals surface area contributed by atoms with Crippen LogP contribution < -0.4 is 4.72 Å². The Kier molecular flexibility index (Phi) is 4.79. The maximum absolute atomic E-state index is 12.3. The van der Waals surface area contributed by atoms with Gasteiger partial charge in [-0.1, -0.05) is 24.3 Å². The fourth-order valence-electron chi connectivity index (χ4n) is 2.38. The van der Waals surface area contributed by atoms with Crippen molar-refractivity contribution in [3.05, 3.63) is 59.3 Å². The molecule has 0 amide bonds. The molecule has 3 aromatic rings. The minimum Gasteiger partial charge on any atom is -0.331 e. The maximum atomic E-state index is 12.3. The van der Waals surface area contributed by atoms with Gasteiger partial charge in [-0.3, -0.25) is 0 Å². The summed E-state index contributed by atoms with van der Waals surface area (Å²) < 4.78 is 29.8. The molecule has 0 bridgehead atoms. The van der Waals surface area contributed by atoms with Crippen molar-refractivity contribution in [3.8, 4) is 0 Å². The summed E-state index contributed by atoms with van der Waals surface area (Å²) in [4.78, 5) is 4.58. The molecule has 3 rings (SSSR count). The van der Waals surface area contributed by atoms with E-state index >= 15 is 0 Å². The first-order valence-corrected chi connectivity index (χ1v) is 9.49. The van der Waals surface area contributed by atoms with Gasteiger partial charge in [0.1, 0.15) is 0 Å². The highest BCUT2D eigenvalue weighted by Gasteiger charge is 2.16. The summed E-state index contributed by atoms with van der Waals surface area (Å²) in [6, 6.07) is 14.7. The molecule has 0 saturated heterocycles. The molecule has 0 saturated carbocycles. The molecule has 0 aliphatic rings. The average Bonchev–Trinajstić information content (AvgIpc) is 2.95. The number of hydrogen-bond donors (Lipinski definition) is 1. The Bertz CT molecular complexity index is 922. The summed E-state index contributed by atoms with van der Waals surface area (Å²) in [5.41, 5.74) is 2.00. The van der Waals surface area contributed by atoms with Crippen LogP contribution in [0.5, 0.6) is 0 Å². The summed E-state index contributed by atoms with van der Waals surface area (Å²) in [5.74, 6) is 0. The van der Waals surface area contributed by atoms with Crippen LogP contribution in [0, 0.1) is 0 Å². The second kappa shape index (κ2) is 6.82. The van der Waals surface area contributed by atoms with E-state index < -0.39 is 10.0 Å². The molecular formula is C16H16BrN3O2S. The minimum atomic E-state index is -3.50. The summed E-state index contributed by atoms with van der Waals surface area (Å²) in [5, 5.41) is 0. The largest absolute Gasteiger partial charge is 0.331 e. The SMILES string of the molecule is O=S(=O)(NCCCn1cnc2ccccc21)c1ccccc1Br. The molecule has 0 atom stereocenters. The van der Waals surface area contributed by atoms with E-state index in [0.29, 0.717) is 24.0 Å². The molecule has 23 heavy (non-hydrogen) atoms. The Morgan fingerprint density at radius 2 is 1.83 bits per heavy atom. The van der Waals surface area contributed by atoms with E-state index in [4.69, 9.17) is 0 Å². The number of hydrogen-bond acceptors (Lipinski definition) is 3. The van der Waals surface area contributed by atoms with Crippen molar-refractivity contribution in [2.45, 2.75) is 17.9 Å². The third kappa shape index (κ3) is 3.63. The smallest absolute Gasteiger partial charge is 0.241 e. The van der Waals surface area contributed by atoms with Crippen LogP contribution in [0.15, 0.2) is 64.2 Å². The van der Waals surface area contributed by atoms with Crippen molar-refractivity contribution in [3.63, 3.8) is 0 Å². The molecule has 0 spiro atoms. The number of halogens is 1. The fourth-order valence-corrected chi connectivity index (χ4v) is 4.46. The van der Waals surface area contributed by atoms with Gasteiger partial charge in [0.05, 0.1) is 22.3 Å². The third-order valence-electron chi connectivity index (χ3n) is 3.52. The molecule has 0 fully saturated rings. The number of para-hydroxylation sites is 2. The molecule has 7 heteroatoms. The first-order valence-electron chi connectivity index (χ1n) is 7.22. The lowest BCUT2D eigenvalue weighted by Crippen LogP contribution is -2.25. The standard InChI is InChI=1S/C16H16BrN3O2S/c17-13-6-1-4-9-16(13)23(21,22)19-10-5-11-20-12-18-14-7-2-3-8-15(14)20/h1-4,6-9,12,19H,5,10-11H2. The first-order chi connectivity index (χ1) is 11.1. The second-order valence-electron chi connectivity index (χ2n) is 5.11. The van der Waals surface area contributed by atoms with Gasteiger partial charge in [0.25, 0.3) is 0 Å². The Balaban J connectivity index is 1.60. The lowest BCUT2D eigenvalue weighted by Gasteiger charge is -2.09. The Labute approximate surface area is 143 Å². The van der Waals surface area contributed by atoms with Gasteiger partial charge in [-0.15, -0.1) is 0 Å². The van der Waals surface area contributed by atoms with Gasteiger partial charge in [0, 0.05) is 17.6 Å². The summed E-state index contributed by atoms with van der Waals surface area (Å²) in [7, 11) is -3.50. The van der Waals surface area contributed by atoms with Gasteiger partial charge >= 0.3 is 0 Å². The number of aryl methyl sites for hydroxylation is 1. The highest BCUT2D eigenvalue weighted by Crippen LogP contribution is 2.20. The molecule has 0 aliphatic heterocycles. The summed E-state index contributed by atoms with van der Waals surface area (Å²) >= 11 is 3.27. The zero-order chi connectivity index (χ0) is 16.3. The van der Waals surface area contributed by atoms with Crippen LogP contribution in [-0.2, 0) is 16.6 Å². The van der Waals surface area contributed by atoms with Crippen LogP contribution in [0.1, 0.15) is 6.42 Å².